The van der Waals surface area contributed by atoms with E-state index >= 15 is 0 Å². The number of carbonyl (C=O) groups excluding carboxylic acids is 1. The Bertz CT molecular complexity index is 408. The topological polar surface area (TPSA) is 66.4 Å². The summed E-state index contributed by atoms with van der Waals surface area (Å²) in [6, 6.07) is 0. The van der Waals surface area contributed by atoms with Gasteiger partial charge in [-0.05, 0) is 43.9 Å². The molecule has 21 heavy (non-hydrogen) atoms. The smallest absolute Gasteiger partial charge is 0.303 e. The number of aliphatic carboxylic acids is 1. The average molecular weight is 293 g/mol. The number of hydrogen-bond donors (Lipinski definition) is 2. The highest BCUT2D eigenvalue weighted by atomic mass is 16.4. The van der Waals surface area contributed by atoms with Crippen molar-refractivity contribution in [3.63, 3.8) is 0 Å². The van der Waals surface area contributed by atoms with Gasteiger partial charge >= 0.3 is 5.97 Å². The average Bonchev–Trinajstić information content (AvgIpc) is 2.47. The summed E-state index contributed by atoms with van der Waals surface area (Å²) in [7, 11) is 0. The Kier molecular flexibility index (Phi) is 5.83. The third kappa shape index (κ3) is 5.18. The highest BCUT2D eigenvalue weighted by Gasteiger charge is 2.34. The number of allylic oxidation sites excluding steroid dienone is 1. The molecular weight excluding hydrogens is 266 g/mol. The predicted octanol–water partition coefficient (Wildman–Crippen LogP) is 3.42. The lowest BCUT2D eigenvalue weighted by atomic mass is 9.71. The number of amides is 1. The van der Waals surface area contributed by atoms with Crippen LogP contribution in [-0.2, 0) is 9.59 Å². The molecule has 0 radical (unpaired) electrons. The minimum absolute atomic E-state index is 0.0542. The number of carboxylic acids is 1. The molecule has 0 bridgehead atoms. The zero-order valence-corrected chi connectivity index (χ0v) is 12.8. The van der Waals surface area contributed by atoms with Crippen LogP contribution in [0.4, 0.5) is 0 Å². The fraction of sp³-hybridized carbons (Fsp3) is 0.765. The van der Waals surface area contributed by atoms with E-state index in [2.05, 4.69) is 11.4 Å². The Labute approximate surface area is 127 Å². The summed E-state index contributed by atoms with van der Waals surface area (Å²) in [5.74, 6) is -0.695. The number of carbonyl (C=O) groups is 2. The molecule has 4 nitrogen and oxygen atoms in total. The van der Waals surface area contributed by atoms with Crippen molar-refractivity contribution in [1.29, 1.82) is 0 Å². The SMILES string of the molecule is O=C(O)CC1(CNC(=O)CC2=CCCCC2)CCCCC1. The third-order valence-electron chi connectivity index (χ3n) is 4.87. The molecule has 0 aromatic rings. The Morgan fingerprint density at radius 2 is 1.90 bits per heavy atom. The summed E-state index contributed by atoms with van der Waals surface area (Å²) in [5.41, 5.74) is 1.02. The van der Waals surface area contributed by atoms with Crippen LogP contribution in [0.25, 0.3) is 0 Å². The number of rotatable bonds is 6. The van der Waals surface area contributed by atoms with Crippen molar-refractivity contribution in [3.8, 4) is 0 Å². The van der Waals surface area contributed by atoms with Crippen LogP contribution in [0.3, 0.4) is 0 Å². The van der Waals surface area contributed by atoms with Gasteiger partial charge in [0.25, 0.3) is 0 Å². The van der Waals surface area contributed by atoms with Crippen molar-refractivity contribution in [2.45, 2.75) is 70.6 Å². The standard InChI is InChI=1S/C17H27NO3/c19-15(11-14-7-3-1-4-8-14)18-13-17(12-16(20)21)9-5-2-6-10-17/h7H,1-6,8-13H2,(H,18,19)(H,20,21). The second-order valence-electron chi connectivity index (χ2n) is 6.69. The van der Waals surface area contributed by atoms with Gasteiger partial charge in [0.1, 0.15) is 0 Å². The van der Waals surface area contributed by atoms with Gasteiger partial charge in [-0.25, -0.2) is 0 Å². The van der Waals surface area contributed by atoms with Crippen LogP contribution in [0, 0.1) is 5.41 Å². The third-order valence-corrected chi connectivity index (χ3v) is 4.87. The fourth-order valence-electron chi connectivity index (χ4n) is 3.66. The monoisotopic (exact) mass is 293 g/mol. The van der Waals surface area contributed by atoms with Crippen molar-refractivity contribution < 1.29 is 14.7 Å². The molecule has 0 saturated heterocycles. The normalized spacial score (nSPS) is 21.4. The van der Waals surface area contributed by atoms with Crippen LogP contribution in [0.2, 0.25) is 0 Å². The van der Waals surface area contributed by atoms with E-state index < -0.39 is 5.97 Å². The summed E-state index contributed by atoms with van der Waals surface area (Å²) in [6.45, 7) is 0.519. The van der Waals surface area contributed by atoms with Gasteiger partial charge < -0.3 is 10.4 Å². The zero-order valence-electron chi connectivity index (χ0n) is 12.8. The molecule has 0 heterocycles. The van der Waals surface area contributed by atoms with E-state index in [0.29, 0.717) is 13.0 Å². The summed E-state index contributed by atoms with van der Waals surface area (Å²) in [6.07, 6.45) is 12.6. The molecule has 0 atom stereocenters. The van der Waals surface area contributed by atoms with Crippen LogP contribution in [-0.4, -0.2) is 23.5 Å². The maximum absolute atomic E-state index is 12.1. The molecular formula is C17H27NO3. The van der Waals surface area contributed by atoms with Crippen LogP contribution < -0.4 is 5.32 Å². The quantitative estimate of drug-likeness (QED) is 0.737. The Balaban J connectivity index is 1.84. The maximum Gasteiger partial charge on any atom is 0.303 e. The molecule has 4 heteroatoms. The van der Waals surface area contributed by atoms with E-state index in [4.69, 9.17) is 5.11 Å². The molecule has 2 aliphatic carbocycles. The molecule has 2 aliphatic rings. The fourth-order valence-corrected chi connectivity index (χ4v) is 3.66. The van der Waals surface area contributed by atoms with Crippen LogP contribution >= 0.6 is 0 Å². The number of carboxylic acid groups (broad SMARTS) is 1. The van der Waals surface area contributed by atoms with Gasteiger partial charge in [-0.15, -0.1) is 0 Å². The highest BCUT2D eigenvalue weighted by molar-refractivity contribution is 5.78. The van der Waals surface area contributed by atoms with E-state index in [-0.39, 0.29) is 17.7 Å². The molecule has 0 aromatic carbocycles. The first-order chi connectivity index (χ1) is 10.1. The summed E-state index contributed by atoms with van der Waals surface area (Å²) < 4.78 is 0. The van der Waals surface area contributed by atoms with Gasteiger partial charge in [0.15, 0.2) is 0 Å². The second-order valence-corrected chi connectivity index (χ2v) is 6.69. The van der Waals surface area contributed by atoms with Gasteiger partial charge in [0, 0.05) is 13.0 Å². The van der Waals surface area contributed by atoms with Gasteiger partial charge in [-0.3, -0.25) is 9.59 Å². The highest BCUT2D eigenvalue weighted by Crippen LogP contribution is 2.38. The molecule has 2 rings (SSSR count). The van der Waals surface area contributed by atoms with Crippen molar-refractivity contribution >= 4 is 11.9 Å². The molecule has 0 unspecified atom stereocenters. The van der Waals surface area contributed by atoms with Crippen LogP contribution in [0.5, 0.6) is 0 Å². The van der Waals surface area contributed by atoms with Gasteiger partial charge in [0.05, 0.1) is 6.42 Å². The van der Waals surface area contributed by atoms with E-state index in [1.54, 1.807) is 0 Å². The minimum Gasteiger partial charge on any atom is -0.481 e. The first-order valence-corrected chi connectivity index (χ1v) is 8.26. The number of hydrogen-bond acceptors (Lipinski definition) is 2. The van der Waals surface area contributed by atoms with Gasteiger partial charge in [-0.2, -0.15) is 0 Å². The van der Waals surface area contributed by atoms with Gasteiger partial charge in [0.2, 0.25) is 5.91 Å². The summed E-state index contributed by atoms with van der Waals surface area (Å²) >= 11 is 0. The van der Waals surface area contributed by atoms with Gasteiger partial charge in [-0.1, -0.05) is 30.9 Å². The molecule has 1 amide bonds. The Morgan fingerprint density at radius 3 is 2.52 bits per heavy atom. The van der Waals surface area contributed by atoms with Crippen molar-refractivity contribution in [2.24, 2.45) is 5.41 Å². The first-order valence-electron chi connectivity index (χ1n) is 8.26. The lowest BCUT2D eigenvalue weighted by Crippen LogP contribution is -2.40. The lowest BCUT2D eigenvalue weighted by molar-refractivity contribution is -0.140. The summed E-state index contributed by atoms with van der Waals surface area (Å²) in [4.78, 5) is 23.2. The number of nitrogens with one attached hydrogen (secondary N) is 1. The molecule has 0 aromatic heterocycles. The summed E-state index contributed by atoms with van der Waals surface area (Å²) in [5, 5.41) is 12.1. The van der Waals surface area contributed by atoms with E-state index in [0.717, 1.165) is 38.5 Å². The van der Waals surface area contributed by atoms with Crippen molar-refractivity contribution in [2.75, 3.05) is 6.54 Å². The zero-order chi connectivity index (χ0) is 15.1. The van der Waals surface area contributed by atoms with Crippen LogP contribution in [0.1, 0.15) is 70.6 Å². The van der Waals surface area contributed by atoms with Crippen molar-refractivity contribution in [3.05, 3.63) is 11.6 Å². The van der Waals surface area contributed by atoms with E-state index in [1.807, 2.05) is 0 Å². The Hall–Kier alpha value is -1.32. The Morgan fingerprint density at radius 1 is 1.14 bits per heavy atom. The first kappa shape index (κ1) is 16.1. The lowest BCUT2D eigenvalue weighted by Gasteiger charge is -2.36. The molecule has 0 aliphatic heterocycles. The molecule has 1 fully saturated rings. The van der Waals surface area contributed by atoms with Crippen LogP contribution in [0.15, 0.2) is 11.6 Å². The molecule has 0 spiro atoms. The predicted molar refractivity (Wildman–Crippen MR) is 81.9 cm³/mol. The molecule has 2 N–H and O–H groups in total. The second kappa shape index (κ2) is 7.62. The minimum atomic E-state index is -0.749. The molecule has 118 valence electrons. The van der Waals surface area contributed by atoms with E-state index in [9.17, 15) is 9.59 Å². The van der Waals surface area contributed by atoms with Crippen molar-refractivity contribution in [1.82, 2.24) is 5.32 Å². The van der Waals surface area contributed by atoms with E-state index in [1.165, 1.54) is 24.8 Å². The largest absolute Gasteiger partial charge is 0.481 e. The maximum atomic E-state index is 12.1. The molecule has 1 saturated carbocycles.